The van der Waals surface area contributed by atoms with Crippen molar-refractivity contribution in [2.75, 3.05) is 39.8 Å². The predicted octanol–water partition coefficient (Wildman–Crippen LogP) is 2.68. The molecule has 1 amide bonds. The van der Waals surface area contributed by atoms with E-state index >= 15 is 0 Å². The van der Waals surface area contributed by atoms with Crippen molar-refractivity contribution in [1.29, 1.82) is 0 Å². The summed E-state index contributed by atoms with van der Waals surface area (Å²) in [5, 5.41) is 9.57. The molecule has 0 radical (unpaired) electrons. The van der Waals surface area contributed by atoms with Crippen molar-refractivity contribution in [2.45, 2.75) is 6.54 Å². The number of phenolic OH excluding ortho intramolecular Hbond substituents is 1. The fraction of sp³-hybridized carbons (Fsp3) is 0.273. The van der Waals surface area contributed by atoms with Gasteiger partial charge in [-0.15, -0.1) is 0 Å². The van der Waals surface area contributed by atoms with Crippen LogP contribution in [0.2, 0.25) is 0 Å². The van der Waals surface area contributed by atoms with Crippen LogP contribution in [-0.4, -0.2) is 56.7 Å². The normalized spacial score (nSPS) is 10.6. The van der Waals surface area contributed by atoms with Crippen molar-refractivity contribution in [2.24, 2.45) is 0 Å². The van der Waals surface area contributed by atoms with E-state index in [4.69, 9.17) is 9.47 Å². The molecule has 0 bridgehead atoms. The second-order valence-corrected chi connectivity index (χ2v) is 6.68. The van der Waals surface area contributed by atoms with Crippen LogP contribution < -0.4 is 9.64 Å². The molecule has 0 spiro atoms. The van der Waals surface area contributed by atoms with Gasteiger partial charge >= 0.3 is 5.97 Å². The molecule has 0 aliphatic heterocycles. The van der Waals surface area contributed by atoms with Gasteiger partial charge in [0.1, 0.15) is 0 Å². The largest absolute Gasteiger partial charge is 0.504 e. The zero-order chi connectivity index (χ0) is 21.4. The average Bonchev–Trinajstić information content (AvgIpc) is 2.71. The molecule has 0 saturated carbocycles. The van der Waals surface area contributed by atoms with Gasteiger partial charge < -0.3 is 24.4 Å². The van der Waals surface area contributed by atoms with Crippen molar-refractivity contribution < 1.29 is 24.2 Å². The molecule has 0 heterocycles. The van der Waals surface area contributed by atoms with Crippen LogP contribution in [0, 0.1) is 0 Å². The van der Waals surface area contributed by atoms with Crippen molar-refractivity contribution in [3.8, 4) is 11.5 Å². The molecule has 1 N–H and O–H groups in total. The summed E-state index contributed by atoms with van der Waals surface area (Å²) in [4.78, 5) is 27.6. The van der Waals surface area contributed by atoms with Crippen molar-refractivity contribution in [3.63, 3.8) is 0 Å². The number of carbonyl (C=O) groups is 2. The Morgan fingerprint density at radius 3 is 2.38 bits per heavy atom. The first-order valence-corrected chi connectivity index (χ1v) is 9.02. The van der Waals surface area contributed by atoms with E-state index in [0.717, 1.165) is 11.3 Å². The maximum Gasteiger partial charge on any atom is 0.331 e. The van der Waals surface area contributed by atoms with Crippen molar-refractivity contribution in [3.05, 3.63) is 59.7 Å². The number of carbonyl (C=O) groups excluding carboxylic acids is 2. The number of amides is 1. The number of phenols is 1. The lowest BCUT2D eigenvalue weighted by Gasteiger charge is -2.18. The number of hydrogen-bond acceptors (Lipinski definition) is 6. The number of aromatic hydroxyl groups is 1. The Labute approximate surface area is 170 Å². The van der Waals surface area contributed by atoms with E-state index in [-0.39, 0.29) is 18.3 Å². The fourth-order valence-corrected chi connectivity index (χ4v) is 2.51. The molecule has 0 aromatic heterocycles. The highest BCUT2D eigenvalue weighted by atomic mass is 16.5. The molecule has 0 aliphatic rings. The van der Waals surface area contributed by atoms with Gasteiger partial charge in [0.15, 0.2) is 18.1 Å². The van der Waals surface area contributed by atoms with Gasteiger partial charge in [-0.2, -0.15) is 0 Å². The van der Waals surface area contributed by atoms with Gasteiger partial charge in [-0.1, -0.05) is 18.2 Å². The molecule has 2 aromatic carbocycles. The monoisotopic (exact) mass is 398 g/mol. The molecule has 2 aromatic rings. The quantitative estimate of drug-likeness (QED) is 0.544. The van der Waals surface area contributed by atoms with E-state index in [2.05, 4.69) is 0 Å². The van der Waals surface area contributed by atoms with E-state index in [1.807, 2.05) is 43.3 Å². The topological polar surface area (TPSA) is 79.3 Å². The summed E-state index contributed by atoms with van der Waals surface area (Å²) in [6, 6.07) is 12.6. The van der Waals surface area contributed by atoms with E-state index in [1.54, 1.807) is 19.2 Å². The van der Waals surface area contributed by atoms with Gasteiger partial charge in [0.2, 0.25) is 0 Å². The van der Waals surface area contributed by atoms with E-state index < -0.39 is 5.97 Å². The number of rotatable bonds is 8. The average molecular weight is 398 g/mol. The number of benzene rings is 2. The smallest absolute Gasteiger partial charge is 0.331 e. The van der Waals surface area contributed by atoms with Crippen molar-refractivity contribution >= 4 is 23.6 Å². The molecule has 29 heavy (non-hydrogen) atoms. The van der Waals surface area contributed by atoms with Gasteiger partial charge in [0.25, 0.3) is 5.91 Å². The standard InChI is InChI=1S/C22H26N2O5/c1-23(2)18-9-5-17(6-10-18)14-24(3)21(26)15-29-22(27)12-8-16-7-11-19(25)20(13-16)28-4/h5-13,25H,14-15H2,1-4H3/b12-8+. The molecule has 7 nitrogen and oxygen atoms in total. The summed E-state index contributed by atoms with van der Waals surface area (Å²) < 4.78 is 10.0. The van der Waals surface area contributed by atoms with E-state index in [9.17, 15) is 14.7 Å². The summed E-state index contributed by atoms with van der Waals surface area (Å²) >= 11 is 0. The maximum atomic E-state index is 12.2. The number of esters is 1. The molecule has 0 saturated heterocycles. The number of methoxy groups -OCH3 is 1. The highest BCUT2D eigenvalue weighted by Crippen LogP contribution is 2.26. The third-order valence-electron chi connectivity index (χ3n) is 4.25. The Bertz CT molecular complexity index is 875. The van der Waals surface area contributed by atoms with Gasteiger partial charge in [-0.25, -0.2) is 4.79 Å². The molecule has 0 fully saturated rings. The van der Waals surface area contributed by atoms with Crippen molar-refractivity contribution in [1.82, 2.24) is 4.90 Å². The number of ether oxygens (including phenoxy) is 2. The predicted molar refractivity (Wildman–Crippen MR) is 112 cm³/mol. The molecule has 7 heteroatoms. The Morgan fingerprint density at radius 1 is 1.07 bits per heavy atom. The summed E-state index contributed by atoms with van der Waals surface area (Å²) in [6.45, 7) is 0.0849. The highest BCUT2D eigenvalue weighted by molar-refractivity contribution is 5.89. The Morgan fingerprint density at radius 2 is 1.76 bits per heavy atom. The number of likely N-dealkylation sites (N-methyl/N-ethyl adjacent to an activating group) is 1. The molecule has 0 unspecified atom stereocenters. The van der Waals surface area contributed by atoms with Gasteiger partial charge in [0, 0.05) is 39.5 Å². The summed E-state index contributed by atoms with van der Waals surface area (Å²) in [7, 11) is 7.03. The lowest BCUT2D eigenvalue weighted by molar-refractivity contribution is -0.147. The van der Waals surface area contributed by atoms with Crippen LogP contribution in [-0.2, 0) is 20.9 Å². The molecular formula is C22H26N2O5. The van der Waals surface area contributed by atoms with Crippen LogP contribution in [0.15, 0.2) is 48.5 Å². The number of hydrogen-bond donors (Lipinski definition) is 1. The minimum Gasteiger partial charge on any atom is -0.504 e. The van der Waals surface area contributed by atoms with Crippen LogP contribution in [0.1, 0.15) is 11.1 Å². The summed E-state index contributed by atoms with van der Waals surface area (Å²) in [5.74, 6) is -0.614. The van der Waals surface area contributed by atoms with Gasteiger partial charge in [-0.3, -0.25) is 4.79 Å². The first-order valence-electron chi connectivity index (χ1n) is 9.02. The minimum absolute atomic E-state index is 0.0113. The number of nitrogens with zero attached hydrogens (tertiary/aromatic N) is 2. The van der Waals surface area contributed by atoms with E-state index in [1.165, 1.54) is 30.2 Å². The third kappa shape index (κ3) is 6.57. The molecular weight excluding hydrogens is 372 g/mol. The van der Waals surface area contributed by atoms with Crippen LogP contribution in [0.5, 0.6) is 11.5 Å². The second kappa shape index (κ2) is 10.2. The zero-order valence-corrected chi connectivity index (χ0v) is 17.1. The SMILES string of the molecule is COc1cc(/C=C/C(=O)OCC(=O)N(C)Cc2ccc(N(C)C)cc2)ccc1O. The summed E-state index contributed by atoms with van der Waals surface area (Å²) in [5.41, 5.74) is 2.72. The lowest BCUT2D eigenvalue weighted by Crippen LogP contribution is -2.30. The lowest BCUT2D eigenvalue weighted by atomic mass is 10.2. The van der Waals surface area contributed by atoms with Gasteiger partial charge in [-0.05, 0) is 41.5 Å². The Hall–Kier alpha value is -3.48. The third-order valence-corrected chi connectivity index (χ3v) is 4.25. The fourth-order valence-electron chi connectivity index (χ4n) is 2.51. The molecule has 0 atom stereocenters. The Balaban J connectivity index is 1.83. The maximum absolute atomic E-state index is 12.2. The molecule has 154 valence electrons. The zero-order valence-electron chi connectivity index (χ0n) is 17.1. The molecule has 0 aliphatic carbocycles. The second-order valence-electron chi connectivity index (χ2n) is 6.68. The highest BCUT2D eigenvalue weighted by Gasteiger charge is 2.12. The van der Waals surface area contributed by atoms with Crippen LogP contribution in [0.25, 0.3) is 6.08 Å². The minimum atomic E-state index is -0.630. The first kappa shape index (κ1) is 21.8. The summed E-state index contributed by atoms with van der Waals surface area (Å²) in [6.07, 6.45) is 2.74. The molecule has 2 rings (SSSR count). The number of anilines is 1. The van der Waals surface area contributed by atoms with Gasteiger partial charge in [0.05, 0.1) is 7.11 Å². The van der Waals surface area contributed by atoms with Crippen LogP contribution in [0.4, 0.5) is 5.69 Å². The Kier molecular flexibility index (Phi) is 7.65. The van der Waals surface area contributed by atoms with Crippen LogP contribution >= 0.6 is 0 Å². The van der Waals surface area contributed by atoms with E-state index in [0.29, 0.717) is 17.9 Å². The first-order chi connectivity index (χ1) is 13.8. The van der Waals surface area contributed by atoms with Crippen LogP contribution in [0.3, 0.4) is 0 Å².